The number of nitrogens with one attached hydrogen (secondary N) is 1. The van der Waals surface area contributed by atoms with E-state index in [0.717, 1.165) is 0 Å². The highest BCUT2D eigenvalue weighted by Gasteiger charge is 2.23. The Morgan fingerprint density at radius 3 is 2.41 bits per heavy atom. The highest BCUT2D eigenvalue weighted by molar-refractivity contribution is 7.92. The lowest BCUT2D eigenvalue weighted by Crippen LogP contribution is -2.15. The minimum atomic E-state index is -3.90. The molecule has 8 heteroatoms. The van der Waals surface area contributed by atoms with Gasteiger partial charge in [-0.2, -0.15) is 0 Å². The molecule has 2 aromatic rings. The van der Waals surface area contributed by atoms with Crippen molar-refractivity contribution in [3.63, 3.8) is 0 Å². The van der Waals surface area contributed by atoms with Crippen molar-refractivity contribution in [2.45, 2.75) is 11.8 Å². The van der Waals surface area contributed by atoms with Crippen LogP contribution in [0, 0.1) is 6.92 Å². The molecule has 6 nitrogen and oxygen atoms in total. The van der Waals surface area contributed by atoms with Crippen LogP contribution in [0.1, 0.15) is 5.69 Å². The van der Waals surface area contributed by atoms with Crippen LogP contribution in [0.3, 0.4) is 0 Å². The Hall–Kier alpha value is -1.99. The molecule has 22 heavy (non-hydrogen) atoms. The largest absolute Gasteiger partial charge is 0.495 e. The molecular formula is C14H15ClN2O4S. The molecule has 1 N–H and O–H groups in total. The van der Waals surface area contributed by atoms with Gasteiger partial charge in [-0.15, -0.1) is 0 Å². The highest BCUT2D eigenvalue weighted by atomic mass is 35.5. The fourth-order valence-corrected chi connectivity index (χ4v) is 3.23. The number of ether oxygens (including phenoxy) is 2. The average molecular weight is 343 g/mol. The predicted molar refractivity (Wildman–Crippen MR) is 84.3 cm³/mol. The van der Waals surface area contributed by atoms with E-state index in [-0.39, 0.29) is 27.2 Å². The minimum Gasteiger partial charge on any atom is -0.495 e. The molecule has 0 unspecified atom stereocenters. The summed E-state index contributed by atoms with van der Waals surface area (Å²) in [5.74, 6) is 0.571. The number of nitrogens with zero attached hydrogens (tertiary/aromatic N) is 1. The van der Waals surface area contributed by atoms with Gasteiger partial charge in [-0.05, 0) is 19.1 Å². The number of hydrogen-bond acceptors (Lipinski definition) is 5. The number of rotatable bonds is 5. The Labute approximate surface area is 134 Å². The molecule has 0 aliphatic heterocycles. The third-order valence-electron chi connectivity index (χ3n) is 2.85. The molecule has 0 aliphatic rings. The van der Waals surface area contributed by atoms with Crippen molar-refractivity contribution in [3.8, 4) is 11.5 Å². The second-order valence-electron chi connectivity index (χ2n) is 4.41. The summed E-state index contributed by atoms with van der Waals surface area (Å²) < 4.78 is 37.6. The molecule has 0 saturated carbocycles. The van der Waals surface area contributed by atoms with E-state index in [0.29, 0.717) is 5.69 Å². The Morgan fingerprint density at radius 1 is 1.14 bits per heavy atom. The summed E-state index contributed by atoms with van der Waals surface area (Å²) in [5, 5.41) is 0.256. The molecule has 0 aliphatic carbocycles. The van der Waals surface area contributed by atoms with Gasteiger partial charge in [0, 0.05) is 17.8 Å². The number of benzene rings is 1. The lowest BCUT2D eigenvalue weighted by Gasteiger charge is -2.13. The molecule has 0 atom stereocenters. The van der Waals surface area contributed by atoms with Crippen molar-refractivity contribution in [2.24, 2.45) is 0 Å². The summed E-state index contributed by atoms with van der Waals surface area (Å²) in [4.78, 5) is 4.03. The minimum absolute atomic E-state index is 0.0837. The van der Waals surface area contributed by atoms with Crippen molar-refractivity contribution in [3.05, 3.63) is 41.0 Å². The first kappa shape index (κ1) is 16.4. The molecule has 0 fully saturated rings. The van der Waals surface area contributed by atoms with Gasteiger partial charge in [-0.25, -0.2) is 13.4 Å². The average Bonchev–Trinajstić information content (AvgIpc) is 2.46. The normalized spacial score (nSPS) is 11.1. The summed E-state index contributed by atoms with van der Waals surface area (Å²) in [6.07, 6.45) is 0. The fraction of sp³-hybridized carbons (Fsp3) is 0.214. The standard InChI is InChI=1S/C14H15ClN2O4S/c1-9-5-4-6-14(16-9)17-22(18,19)13-8-11(20-2)10(15)7-12(13)21-3/h4-8H,1-3H3,(H,16,17). The molecule has 1 heterocycles. The number of aromatic nitrogens is 1. The molecule has 0 saturated heterocycles. The Balaban J connectivity index is 2.48. The summed E-state index contributed by atoms with van der Waals surface area (Å²) in [6, 6.07) is 7.73. The molecule has 0 amide bonds. The quantitative estimate of drug-likeness (QED) is 0.904. The van der Waals surface area contributed by atoms with Crippen LogP contribution in [-0.4, -0.2) is 27.6 Å². The van der Waals surface area contributed by atoms with Gasteiger partial charge < -0.3 is 9.47 Å². The summed E-state index contributed by atoms with van der Waals surface area (Å²) in [5.41, 5.74) is 0.695. The maximum atomic E-state index is 12.5. The van der Waals surface area contributed by atoms with Crippen LogP contribution in [0.4, 0.5) is 5.82 Å². The van der Waals surface area contributed by atoms with E-state index in [4.69, 9.17) is 21.1 Å². The van der Waals surface area contributed by atoms with Crippen LogP contribution in [0.25, 0.3) is 0 Å². The molecular weight excluding hydrogens is 328 g/mol. The molecule has 0 bridgehead atoms. The Bertz CT molecular complexity index is 793. The molecule has 1 aromatic heterocycles. The molecule has 1 aromatic carbocycles. The van der Waals surface area contributed by atoms with Crippen LogP contribution >= 0.6 is 11.6 Å². The maximum absolute atomic E-state index is 12.5. The monoisotopic (exact) mass is 342 g/mol. The molecule has 0 radical (unpaired) electrons. The van der Waals surface area contributed by atoms with Crippen molar-refractivity contribution < 1.29 is 17.9 Å². The van der Waals surface area contributed by atoms with E-state index >= 15 is 0 Å². The lowest BCUT2D eigenvalue weighted by molar-refractivity contribution is 0.392. The summed E-state index contributed by atoms with van der Waals surface area (Å²) in [7, 11) is -1.13. The maximum Gasteiger partial charge on any atom is 0.266 e. The van der Waals surface area contributed by atoms with Gasteiger partial charge in [0.2, 0.25) is 0 Å². The third kappa shape index (κ3) is 3.42. The van der Waals surface area contributed by atoms with Crippen molar-refractivity contribution in [1.29, 1.82) is 0 Å². The second-order valence-corrected chi connectivity index (χ2v) is 6.47. The van der Waals surface area contributed by atoms with Crippen LogP contribution in [-0.2, 0) is 10.0 Å². The van der Waals surface area contributed by atoms with E-state index in [9.17, 15) is 8.42 Å². The number of hydrogen-bond donors (Lipinski definition) is 1. The highest BCUT2D eigenvalue weighted by Crippen LogP contribution is 2.35. The second kappa shape index (κ2) is 6.41. The predicted octanol–water partition coefficient (Wildman–Crippen LogP) is 2.86. The molecule has 2 rings (SSSR count). The number of aryl methyl sites for hydroxylation is 1. The van der Waals surface area contributed by atoms with Gasteiger partial charge in [0.1, 0.15) is 22.2 Å². The first-order valence-electron chi connectivity index (χ1n) is 6.25. The number of sulfonamides is 1. The van der Waals surface area contributed by atoms with E-state index in [1.165, 1.54) is 26.4 Å². The number of methoxy groups -OCH3 is 2. The SMILES string of the molecule is COc1cc(S(=O)(=O)Nc2cccc(C)n2)c(OC)cc1Cl. The number of halogens is 1. The topological polar surface area (TPSA) is 77.5 Å². The summed E-state index contributed by atoms with van der Waals surface area (Å²) >= 11 is 5.98. The van der Waals surface area contributed by atoms with E-state index < -0.39 is 10.0 Å². The van der Waals surface area contributed by atoms with Gasteiger partial charge >= 0.3 is 0 Å². The zero-order chi connectivity index (χ0) is 16.3. The van der Waals surface area contributed by atoms with Crippen molar-refractivity contribution in [1.82, 2.24) is 4.98 Å². The van der Waals surface area contributed by atoms with Gasteiger partial charge in [-0.3, -0.25) is 4.72 Å². The van der Waals surface area contributed by atoms with Gasteiger partial charge in [0.15, 0.2) is 0 Å². The first-order valence-corrected chi connectivity index (χ1v) is 8.11. The fourth-order valence-electron chi connectivity index (χ4n) is 1.83. The van der Waals surface area contributed by atoms with Crippen molar-refractivity contribution >= 4 is 27.4 Å². The zero-order valence-electron chi connectivity index (χ0n) is 12.3. The number of anilines is 1. The van der Waals surface area contributed by atoms with E-state index in [2.05, 4.69) is 9.71 Å². The van der Waals surface area contributed by atoms with E-state index in [1.807, 2.05) is 0 Å². The first-order chi connectivity index (χ1) is 10.4. The van der Waals surface area contributed by atoms with Crippen LogP contribution < -0.4 is 14.2 Å². The van der Waals surface area contributed by atoms with Crippen LogP contribution in [0.2, 0.25) is 5.02 Å². The summed E-state index contributed by atoms with van der Waals surface area (Å²) in [6.45, 7) is 1.77. The third-order valence-corrected chi connectivity index (χ3v) is 4.53. The van der Waals surface area contributed by atoms with Crippen LogP contribution in [0.15, 0.2) is 35.2 Å². The van der Waals surface area contributed by atoms with E-state index in [1.54, 1.807) is 25.1 Å². The van der Waals surface area contributed by atoms with Crippen LogP contribution in [0.5, 0.6) is 11.5 Å². The van der Waals surface area contributed by atoms with Gasteiger partial charge in [-0.1, -0.05) is 17.7 Å². The van der Waals surface area contributed by atoms with Gasteiger partial charge in [0.05, 0.1) is 19.2 Å². The Morgan fingerprint density at radius 2 is 1.82 bits per heavy atom. The zero-order valence-corrected chi connectivity index (χ0v) is 13.8. The Kier molecular flexibility index (Phi) is 4.77. The van der Waals surface area contributed by atoms with Crippen molar-refractivity contribution in [2.75, 3.05) is 18.9 Å². The number of pyridine rings is 1. The molecule has 118 valence electrons. The smallest absolute Gasteiger partial charge is 0.266 e. The molecule has 0 spiro atoms. The van der Waals surface area contributed by atoms with Gasteiger partial charge in [0.25, 0.3) is 10.0 Å². The lowest BCUT2D eigenvalue weighted by atomic mass is 10.3.